The van der Waals surface area contributed by atoms with E-state index in [4.69, 9.17) is 5.73 Å². The van der Waals surface area contributed by atoms with Crippen molar-refractivity contribution in [3.05, 3.63) is 24.3 Å². The third-order valence-corrected chi connectivity index (χ3v) is 7.57. The van der Waals surface area contributed by atoms with Gasteiger partial charge in [0.25, 0.3) is 0 Å². The molecule has 10 heteroatoms. The molecular weight excluding hydrogens is 374 g/mol. The summed E-state index contributed by atoms with van der Waals surface area (Å²) in [5, 5.41) is 0. The second-order valence-corrected chi connectivity index (χ2v) is 9.77. The molecule has 24 heavy (non-hydrogen) atoms. The Balaban J connectivity index is 0.00000288. The van der Waals surface area contributed by atoms with Gasteiger partial charge in [0.05, 0.1) is 0 Å². The monoisotopic (exact) mass is 397 g/mol. The minimum Gasteiger partial charge on any atom is -0.328 e. The number of sulfonamides is 2. The third kappa shape index (κ3) is 4.68. The van der Waals surface area contributed by atoms with E-state index in [0.29, 0.717) is 12.8 Å². The largest absolute Gasteiger partial charge is 0.328 e. The first kappa shape index (κ1) is 21.3. The molecule has 0 bridgehead atoms. The molecule has 1 aliphatic rings. The minimum atomic E-state index is -3.92. The zero-order valence-corrected chi connectivity index (χ0v) is 16.1. The number of rotatable bonds is 5. The summed E-state index contributed by atoms with van der Waals surface area (Å²) in [5.74, 6) is 0. The van der Waals surface area contributed by atoms with Crippen molar-refractivity contribution in [2.75, 3.05) is 14.1 Å². The number of hydrogen-bond donors (Lipinski definition) is 2. The van der Waals surface area contributed by atoms with E-state index in [1.165, 1.54) is 38.4 Å². The van der Waals surface area contributed by atoms with Crippen molar-refractivity contribution < 1.29 is 16.8 Å². The van der Waals surface area contributed by atoms with Crippen LogP contribution in [0, 0.1) is 0 Å². The van der Waals surface area contributed by atoms with Crippen LogP contribution in [0.3, 0.4) is 0 Å². The quantitative estimate of drug-likeness (QED) is 0.767. The highest BCUT2D eigenvalue weighted by molar-refractivity contribution is 7.92. The highest BCUT2D eigenvalue weighted by Gasteiger charge is 2.30. The summed E-state index contributed by atoms with van der Waals surface area (Å²) < 4.78 is 53.6. The molecule has 3 N–H and O–H groups in total. The van der Waals surface area contributed by atoms with Crippen molar-refractivity contribution in [2.45, 2.75) is 47.6 Å². The first-order chi connectivity index (χ1) is 10.6. The molecule has 1 aliphatic carbocycles. The lowest BCUT2D eigenvalue weighted by atomic mass is 9.93. The molecule has 1 fully saturated rings. The predicted octanol–water partition coefficient (Wildman–Crippen LogP) is 0.907. The maximum atomic E-state index is 12.6. The molecule has 1 saturated carbocycles. The fraction of sp³-hybridized carbons (Fsp3) is 0.571. The predicted molar refractivity (Wildman–Crippen MR) is 95.1 cm³/mol. The van der Waals surface area contributed by atoms with Crippen LogP contribution < -0.4 is 10.5 Å². The van der Waals surface area contributed by atoms with Gasteiger partial charge in [-0.05, 0) is 37.8 Å². The molecule has 1 aromatic carbocycles. The SMILES string of the molecule is CN(C)S(=O)(=O)c1ccccc1S(=O)(=O)NC1CCC(N)CC1.Cl. The Kier molecular flexibility index (Phi) is 7.21. The lowest BCUT2D eigenvalue weighted by Crippen LogP contribution is -2.41. The summed E-state index contributed by atoms with van der Waals surface area (Å²) >= 11 is 0. The molecule has 0 saturated heterocycles. The molecule has 0 aliphatic heterocycles. The average molecular weight is 398 g/mol. The van der Waals surface area contributed by atoms with Gasteiger partial charge in [-0.2, -0.15) is 0 Å². The molecule has 0 heterocycles. The Morgan fingerprint density at radius 2 is 1.50 bits per heavy atom. The van der Waals surface area contributed by atoms with E-state index in [1.807, 2.05) is 0 Å². The zero-order valence-electron chi connectivity index (χ0n) is 13.7. The van der Waals surface area contributed by atoms with E-state index in [2.05, 4.69) is 4.72 Å². The lowest BCUT2D eigenvalue weighted by Gasteiger charge is -2.27. The summed E-state index contributed by atoms with van der Waals surface area (Å²) in [6, 6.07) is 5.54. The number of nitrogens with two attached hydrogens (primary N) is 1. The number of benzene rings is 1. The fourth-order valence-corrected chi connectivity index (χ4v) is 5.61. The van der Waals surface area contributed by atoms with E-state index in [1.54, 1.807) is 0 Å². The Bertz CT molecular complexity index is 758. The van der Waals surface area contributed by atoms with Gasteiger partial charge in [-0.15, -0.1) is 12.4 Å². The van der Waals surface area contributed by atoms with Crippen molar-refractivity contribution in [1.29, 1.82) is 0 Å². The third-order valence-electron chi connectivity index (χ3n) is 3.99. The van der Waals surface area contributed by atoms with Gasteiger partial charge in [-0.1, -0.05) is 12.1 Å². The van der Waals surface area contributed by atoms with Crippen LogP contribution in [0.1, 0.15) is 25.7 Å². The Labute approximate surface area is 150 Å². The summed E-state index contributed by atoms with van der Waals surface area (Å²) in [7, 11) is -5.03. The highest BCUT2D eigenvalue weighted by atomic mass is 35.5. The van der Waals surface area contributed by atoms with Crippen molar-refractivity contribution in [1.82, 2.24) is 9.03 Å². The summed E-state index contributed by atoms with van der Waals surface area (Å²) in [4.78, 5) is -0.436. The standard InChI is InChI=1S/C14H23N3O4S2.ClH/c1-17(2)23(20,21)14-6-4-3-5-13(14)22(18,19)16-12-9-7-11(15)8-10-12;/h3-6,11-12,16H,7-10,15H2,1-2H3;1H. The van der Waals surface area contributed by atoms with Crippen LogP contribution in [-0.2, 0) is 20.0 Å². The van der Waals surface area contributed by atoms with E-state index in [-0.39, 0.29) is 34.3 Å². The van der Waals surface area contributed by atoms with Gasteiger partial charge in [0.1, 0.15) is 9.79 Å². The average Bonchev–Trinajstić information content (AvgIpc) is 2.49. The first-order valence-electron chi connectivity index (χ1n) is 7.44. The van der Waals surface area contributed by atoms with E-state index in [9.17, 15) is 16.8 Å². The molecule has 7 nitrogen and oxygen atoms in total. The van der Waals surface area contributed by atoms with Crippen LogP contribution in [-0.4, -0.2) is 47.3 Å². The Morgan fingerprint density at radius 1 is 1.00 bits per heavy atom. The van der Waals surface area contributed by atoms with Gasteiger partial charge in [0.15, 0.2) is 0 Å². The summed E-state index contributed by atoms with van der Waals surface area (Å²) in [5.41, 5.74) is 5.82. The van der Waals surface area contributed by atoms with E-state index < -0.39 is 20.0 Å². The molecule has 0 amide bonds. The van der Waals surface area contributed by atoms with Gasteiger partial charge in [0.2, 0.25) is 20.0 Å². The second kappa shape index (κ2) is 8.11. The molecule has 0 radical (unpaired) electrons. The van der Waals surface area contributed by atoms with E-state index in [0.717, 1.165) is 17.1 Å². The van der Waals surface area contributed by atoms with Crippen LogP contribution in [0.25, 0.3) is 0 Å². The Morgan fingerprint density at radius 3 is 2.00 bits per heavy atom. The molecule has 1 aromatic rings. The Hall–Kier alpha value is -0.710. The highest BCUT2D eigenvalue weighted by Crippen LogP contribution is 2.25. The molecule has 0 unspecified atom stereocenters. The number of nitrogens with one attached hydrogen (secondary N) is 1. The summed E-state index contributed by atoms with van der Waals surface area (Å²) in [6.07, 6.45) is 2.82. The van der Waals surface area contributed by atoms with E-state index >= 15 is 0 Å². The molecule has 0 spiro atoms. The van der Waals surface area contributed by atoms with Gasteiger partial charge >= 0.3 is 0 Å². The van der Waals surface area contributed by atoms with Crippen LogP contribution in [0.4, 0.5) is 0 Å². The van der Waals surface area contributed by atoms with Gasteiger partial charge < -0.3 is 5.73 Å². The van der Waals surface area contributed by atoms with Crippen molar-refractivity contribution in [3.63, 3.8) is 0 Å². The molecule has 0 aromatic heterocycles. The number of halogens is 1. The molecule has 138 valence electrons. The molecule has 0 atom stereocenters. The lowest BCUT2D eigenvalue weighted by molar-refractivity contribution is 0.373. The van der Waals surface area contributed by atoms with Crippen LogP contribution in [0.5, 0.6) is 0 Å². The van der Waals surface area contributed by atoms with Crippen molar-refractivity contribution >= 4 is 32.5 Å². The number of nitrogens with zero attached hydrogens (tertiary/aromatic N) is 1. The minimum absolute atomic E-state index is 0. The van der Waals surface area contributed by atoms with Gasteiger partial charge in [-0.3, -0.25) is 0 Å². The molecule has 2 rings (SSSR count). The normalized spacial score (nSPS) is 22.2. The summed E-state index contributed by atoms with van der Waals surface area (Å²) in [6.45, 7) is 0. The van der Waals surface area contributed by atoms with Crippen LogP contribution >= 0.6 is 12.4 Å². The molecular formula is C14H24ClN3O4S2. The first-order valence-corrected chi connectivity index (χ1v) is 10.4. The van der Waals surface area contributed by atoms with Crippen LogP contribution in [0.2, 0.25) is 0 Å². The fourth-order valence-electron chi connectivity index (χ4n) is 2.60. The topological polar surface area (TPSA) is 110 Å². The van der Waals surface area contributed by atoms with Crippen LogP contribution in [0.15, 0.2) is 34.1 Å². The van der Waals surface area contributed by atoms with Crippen molar-refractivity contribution in [3.8, 4) is 0 Å². The second-order valence-electron chi connectivity index (χ2n) is 5.97. The van der Waals surface area contributed by atoms with Gasteiger partial charge in [0, 0.05) is 26.2 Å². The zero-order chi connectivity index (χ0) is 17.3. The maximum absolute atomic E-state index is 12.6. The smallest absolute Gasteiger partial charge is 0.243 e. The number of hydrogen-bond acceptors (Lipinski definition) is 5. The van der Waals surface area contributed by atoms with Crippen molar-refractivity contribution in [2.24, 2.45) is 5.73 Å². The van der Waals surface area contributed by atoms with Gasteiger partial charge in [-0.25, -0.2) is 25.9 Å². The maximum Gasteiger partial charge on any atom is 0.243 e.